The minimum Gasteiger partial charge on any atom is -0.254 e. The van der Waals surface area contributed by atoms with Gasteiger partial charge < -0.3 is 0 Å². The van der Waals surface area contributed by atoms with Crippen molar-refractivity contribution in [3.63, 3.8) is 0 Å². The van der Waals surface area contributed by atoms with Gasteiger partial charge in [-0.2, -0.15) is 0 Å². The minimum absolute atomic E-state index is 0.701. The molecule has 0 unspecified atom stereocenters. The van der Waals surface area contributed by atoms with E-state index in [0.29, 0.717) is 6.42 Å². The highest BCUT2D eigenvalue weighted by Crippen LogP contribution is 2.36. The van der Waals surface area contributed by atoms with Crippen LogP contribution in [-0.4, -0.2) is 19.9 Å². The van der Waals surface area contributed by atoms with Crippen LogP contribution in [-0.2, 0) is 6.42 Å². The highest BCUT2D eigenvalue weighted by Gasteiger charge is 2.18. The fourth-order valence-corrected chi connectivity index (χ4v) is 5.41. The molecule has 0 fully saturated rings. The molecule has 4 nitrogen and oxygen atoms in total. The minimum atomic E-state index is 0.701. The Morgan fingerprint density at radius 3 is 2.39 bits per heavy atom. The van der Waals surface area contributed by atoms with E-state index in [2.05, 4.69) is 25.3 Å². The van der Waals surface area contributed by atoms with Crippen LogP contribution in [0, 0.1) is 0 Å². The quantitative estimate of drug-likeness (QED) is 0.294. The number of fused-ring (bicyclic) bond motifs is 1. The van der Waals surface area contributed by atoms with Crippen molar-refractivity contribution >= 4 is 45.0 Å². The van der Waals surface area contributed by atoms with Gasteiger partial charge in [-0.15, -0.1) is 22.7 Å². The van der Waals surface area contributed by atoms with Gasteiger partial charge in [-0.25, -0.2) is 9.97 Å². The van der Waals surface area contributed by atoms with Crippen molar-refractivity contribution in [2.75, 3.05) is 0 Å². The van der Waals surface area contributed by atoms with Crippen LogP contribution >= 0.6 is 22.7 Å². The zero-order valence-electron chi connectivity index (χ0n) is 16.7. The van der Waals surface area contributed by atoms with Crippen LogP contribution in [0.25, 0.3) is 44.3 Å². The van der Waals surface area contributed by atoms with Gasteiger partial charge in [0.15, 0.2) is 0 Å². The van der Waals surface area contributed by atoms with Crippen molar-refractivity contribution < 1.29 is 0 Å². The smallest absolute Gasteiger partial charge is 0.126 e. The van der Waals surface area contributed by atoms with E-state index in [9.17, 15) is 0 Å². The number of benzene rings is 1. The third kappa shape index (κ3) is 3.71. The Balaban J connectivity index is 1.60. The Morgan fingerprint density at radius 2 is 1.61 bits per heavy atom. The Hall–Kier alpha value is -3.48. The molecule has 31 heavy (non-hydrogen) atoms. The fraction of sp³-hybridized carbons (Fsp3) is 0.0400. The van der Waals surface area contributed by atoms with Crippen molar-refractivity contribution in [1.82, 2.24) is 19.9 Å². The van der Waals surface area contributed by atoms with Crippen molar-refractivity contribution in [2.24, 2.45) is 0 Å². The van der Waals surface area contributed by atoms with E-state index in [1.165, 1.54) is 4.70 Å². The molecule has 0 aliphatic carbocycles. The van der Waals surface area contributed by atoms with E-state index in [4.69, 9.17) is 19.9 Å². The van der Waals surface area contributed by atoms with Gasteiger partial charge >= 0.3 is 0 Å². The molecule has 150 valence electrons. The first-order valence-corrected chi connectivity index (χ1v) is 11.4. The molecule has 0 saturated heterocycles. The van der Waals surface area contributed by atoms with Crippen LogP contribution in [0.15, 0.2) is 74.1 Å². The molecule has 5 aromatic rings. The van der Waals surface area contributed by atoms with E-state index in [1.807, 2.05) is 48.7 Å². The largest absolute Gasteiger partial charge is 0.254 e. The van der Waals surface area contributed by atoms with E-state index in [-0.39, 0.29) is 0 Å². The second-order valence-electron chi connectivity index (χ2n) is 6.84. The maximum absolute atomic E-state index is 4.80. The van der Waals surface area contributed by atoms with Gasteiger partial charge in [0, 0.05) is 24.4 Å². The Labute approximate surface area is 188 Å². The van der Waals surface area contributed by atoms with Crippen molar-refractivity contribution in [2.45, 2.75) is 6.42 Å². The molecular formula is C25H18N4S2. The SMILES string of the molecule is C=Cc1nc(-c2cccnc2-c2ncccc2Cc2nc3ccccc3s2)sc1C=C. The molecule has 0 aliphatic heterocycles. The maximum atomic E-state index is 4.80. The van der Waals surface area contributed by atoms with Crippen molar-refractivity contribution in [3.8, 4) is 22.0 Å². The van der Waals surface area contributed by atoms with Crippen LogP contribution in [0.3, 0.4) is 0 Å². The zero-order chi connectivity index (χ0) is 21.2. The first kappa shape index (κ1) is 19.5. The van der Waals surface area contributed by atoms with E-state index in [0.717, 1.165) is 48.6 Å². The van der Waals surface area contributed by atoms with Gasteiger partial charge in [-0.1, -0.05) is 31.4 Å². The van der Waals surface area contributed by atoms with Gasteiger partial charge in [-0.3, -0.25) is 9.97 Å². The summed E-state index contributed by atoms with van der Waals surface area (Å²) in [5, 5.41) is 1.94. The lowest BCUT2D eigenvalue weighted by Crippen LogP contribution is -1.98. The third-order valence-electron chi connectivity index (χ3n) is 4.89. The van der Waals surface area contributed by atoms with Crippen LogP contribution in [0.4, 0.5) is 0 Å². The number of pyridine rings is 2. The number of thiazole rings is 2. The molecule has 4 heterocycles. The predicted octanol–water partition coefficient (Wildman–Crippen LogP) is 6.75. The molecule has 5 rings (SSSR count). The topological polar surface area (TPSA) is 51.6 Å². The number of hydrogen-bond donors (Lipinski definition) is 0. The van der Waals surface area contributed by atoms with Crippen LogP contribution < -0.4 is 0 Å². The van der Waals surface area contributed by atoms with E-state index >= 15 is 0 Å². The summed E-state index contributed by atoms with van der Waals surface area (Å²) in [6, 6.07) is 16.2. The Kier molecular flexibility index (Phi) is 5.24. The van der Waals surface area contributed by atoms with Crippen molar-refractivity contribution in [3.05, 3.63) is 95.2 Å². The highest BCUT2D eigenvalue weighted by molar-refractivity contribution is 7.18. The lowest BCUT2D eigenvalue weighted by molar-refractivity contribution is 1.11. The van der Waals surface area contributed by atoms with Gasteiger partial charge in [0.05, 0.1) is 37.2 Å². The second-order valence-corrected chi connectivity index (χ2v) is 8.99. The average molecular weight is 439 g/mol. The lowest BCUT2D eigenvalue weighted by atomic mass is 10.0. The van der Waals surface area contributed by atoms with Crippen LogP contribution in [0.5, 0.6) is 0 Å². The fourth-order valence-electron chi connectivity index (χ4n) is 3.47. The summed E-state index contributed by atoms with van der Waals surface area (Å²) in [7, 11) is 0. The summed E-state index contributed by atoms with van der Waals surface area (Å²) in [6.07, 6.45) is 7.87. The molecule has 0 spiro atoms. The van der Waals surface area contributed by atoms with Crippen molar-refractivity contribution in [1.29, 1.82) is 0 Å². The third-order valence-corrected chi connectivity index (χ3v) is 7.03. The zero-order valence-corrected chi connectivity index (χ0v) is 18.3. The van der Waals surface area contributed by atoms with E-state index in [1.54, 1.807) is 34.9 Å². The van der Waals surface area contributed by atoms with Gasteiger partial charge in [-0.05, 0) is 48.0 Å². The first-order chi connectivity index (χ1) is 15.3. The van der Waals surface area contributed by atoms with Gasteiger partial charge in [0.2, 0.25) is 0 Å². The summed E-state index contributed by atoms with van der Waals surface area (Å²) in [5.74, 6) is 0. The molecule has 0 bridgehead atoms. The molecule has 6 heteroatoms. The molecule has 0 amide bonds. The van der Waals surface area contributed by atoms with Gasteiger partial charge in [0.1, 0.15) is 5.01 Å². The Bertz CT molecular complexity index is 1360. The first-order valence-electron chi connectivity index (χ1n) is 9.76. The Morgan fingerprint density at radius 1 is 0.806 bits per heavy atom. The summed E-state index contributed by atoms with van der Waals surface area (Å²) in [5.41, 5.74) is 5.58. The molecule has 4 aromatic heterocycles. The normalized spacial score (nSPS) is 11.0. The summed E-state index contributed by atoms with van der Waals surface area (Å²) in [6.45, 7) is 7.76. The number of hydrogen-bond acceptors (Lipinski definition) is 6. The molecule has 1 aromatic carbocycles. The van der Waals surface area contributed by atoms with Gasteiger partial charge in [0.25, 0.3) is 0 Å². The van der Waals surface area contributed by atoms with Crippen LogP contribution in [0.2, 0.25) is 0 Å². The number of rotatable bonds is 6. The number of nitrogens with zero attached hydrogens (tertiary/aromatic N) is 4. The maximum Gasteiger partial charge on any atom is 0.126 e. The standard InChI is InChI=1S/C25H18N4S2/c1-3-18-20(4-2)31-25(29-18)17-10-8-14-27-24(17)23-16(9-7-13-26-23)15-22-28-19-11-5-6-12-21(19)30-22/h3-14H,1-2,15H2. The average Bonchev–Trinajstić information content (AvgIpc) is 3.42. The molecule has 0 radical (unpaired) electrons. The molecular weight excluding hydrogens is 420 g/mol. The van der Waals surface area contributed by atoms with E-state index < -0.39 is 0 Å². The highest BCUT2D eigenvalue weighted by atomic mass is 32.1. The summed E-state index contributed by atoms with van der Waals surface area (Å²) >= 11 is 3.30. The molecule has 0 aliphatic rings. The number of aromatic nitrogens is 4. The lowest BCUT2D eigenvalue weighted by Gasteiger charge is -2.10. The van der Waals surface area contributed by atoms with Crippen LogP contribution in [0.1, 0.15) is 21.1 Å². The number of para-hydroxylation sites is 1. The summed E-state index contributed by atoms with van der Waals surface area (Å²) in [4.78, 5) is 19.9. The molecule has 0 saturated carbocycles. The predicted molar refractivity (Wildman–Crippen MR) is 131 cm³/mol. The molecule has 0 N–H and O–H groups in total. The molecule has 0 atom stereocenters. The second kappa shape index (κ2) is 8.34. The summed E-state index contributed by atoms with van der Waals surface area (Å²) < 4.78 is 1.19. The monoisotopic (exact) mass is 438 g/mol.